The van der Waals surface area contributed by atoms with Crippen LogP contribution in [0.15, 0.2) is 48.2 Å². The van der Waals surface area contributed by atoms with Gasteiger partial charge in [0.05, 0.1) is 17.9 Å². The Kier molecular flexibility index (Phi) is 12.4. The molecule has 0 radical (unpaired) electrons. The molecule has 0 aliphatic carbocycles. The third-order valence-electron chi connectivity index (χ3n) is 4.42. The number of hydrogen-bond donors (Lipinski definition) is 1. The fourth-order valence-corrected chi connectivity index (χ4v) is 2.61. The Morgan fingerprint density at radius 1 is 1.29 bits per heavy atom. The number of phenolic OH excluding ortho intramolecular Hbond substituents is 1. The van der Waals surface area contributed by atoms with E-state index in [9.17, 15) is 14.7 Å². The number of benzene rings is 1. The summed E-state index contributed by atoms with van der Waals surface area (Å²) in [6, 6.07) is 4.46. The topological polar surface area (TPSA) is 88.4 Å². The van der Waals surface area contributed by atoms with Gasteiger partial charge in [-0.05, 0) is 49.1 Å². The highest BCUT2D eigenvalue weighted by atomic mass is 16.6. The summed E-state index contributed by atoms with van der Waals surface area (Å²) in [5, 5.41) is 14.0. The van der Waals surface area contributed by atoms with Crippen molar-refractivity contribution in [3.8, 4) is 5.75 Å². The standard InChI is InChI=1S/C24H34N2O5/c1-5-8-11-20(25-31-18-23(28)26(4)14-9-6-2)16-19-17-21(27)12-13-22(19)24(29)30-15-10-7-3/h7-8,11-13,17,27H,3,5-6,9-10,14-16,18H2,1-2,4H3/b11-8+,25-20+. The van der Waals surface area contributed by atoms with Crippen LogP contribution in [-0.2, 0) is 20.8 Å². The Morgan fingerprint density at radius 3 is 2.74 bits per heavy atom. The number of allylic oxidation sites excluding steroid dienone is 2. The van der Waals surface area contributed by atoms with Crippen molar-refractivity contribution in [2.24, 2.45) is 5.16 Å². The van der Waals surface area contributed by atoms with Crippen LogP contribution in [0.1, 0.15) is 55.5 Å². The van der Waals surface area contributed by atoms with Gasteiger partial charge in [0.1, 0.15) is 5.75 Å². The van der Waals surface area contributed by atoms with Crippen LogP contribution in [0.4, 0.5) is 0 Å². The molecule has 31 heavy (non-hydrogen) atoms. The zero-order valence-corrected chi connectivity index (χ0v) is 18.8. The molecule has 0 heterocycles. The van der Waals surface area contributed by atoms with Gasteiger partial charge in [0.25, 0.3) is 5.91 Å². The van der Waals surface area contributed by atoms with E-state index in [0.717, 1.165) is 19.3 Å². The molecular weight excluding hydrogens is 396 g/mol. The molecule has 0 aromatic heterocycles. The van der Waals surface area contributed by atoms with Crippen molar-refractivity contribution >= 4 is 17.6 Å². The fraction of sp³-hybridized carbons (Fsp3) is 0.458. The van der Waals surface area contributed by atoms with Crippen molar-refractivity contribution in [2.75, 3.05) is 26.8 Å². The lowest BCUT2D eigenvalue weighted by atomic mass is 10.0. The van der Waals surface area contributed by atoms with Crippen LogP contribution in [0.25, 0.3) is 0 Å². The van der Waals surface area contributed by atoms with E-state index < -0.39 is 5.97 Å². The van der Waals surface area contributed by atoms with E-state index in [1.165, 1.54) is 18.2 Å². The molecule has 0 atom stereocenters. The van der Waals surface area contributed by atoms with Crippen molar-refractivity contribution in [2.45, 2.75) is 46.0 Å². The lowest BCUT2D eigenvalue weighted by molar-refractivity contribution is -0.134. The smallest absolute Gasteiger partial charge is 0.338 e. The Morgan fingerprint density at radius 2 is 2.06 bits per heavy atom. The fourth-order valence-electron chi connectivity index (χ4n) is 2.61. The molecule has 0 aliphatic heterocycles. The van der Waals surface area contributed by atoms with Gasteiger partial charge in [-0.3, -0.25) is 4.79 Å². The molecule has 0 saturated heterocycles. The normalized spacial score (nSPS) is 11.4. The third kappa shape index (κ3) is 9.98. The van der Waals surface area contributed by atoms with Gasteiger partial charge in [0.15, 0.2) is 6.61 Å². The van der Waals surface area contributed by atoms with Gasteiger partial charge in [0, 0.05) is 20.0 Å². The van der Waals surface area contributed by atoms with E-state index in [2.05, 4.69) is 18.7 Å². The molecule has 0 fully saturated rings. The van der Waals surface area contributed by atoms with Crippen LogP contribution in [0.5, 0.6) is 5.75 Å². The molecule has 0 saturated carbocycles. The number of aromatic hydroxyl groups is 1. The summed E-state index contributed by atoms with van der Waals surface area (Å²) in [5.41, 5.74) is 1.42. The van der Waals surface area contributed by atoms with Crippen LogP contribution in [0.3, 0.4) is 0 Å². The van der Waals surface area contributed by atoms with Crippen LogP contribution >= 0.6 is 0 Å². The number of likely N-dealkylation sites (N-methyl/N-ethyl adjacent to an activating group) is 1. The maximum atomic E-state index is 12.4. The predicted molar refractivity (Wildman–Crippen MR) is 122 cm³/mol. The molecule has 7 heteroatoms. The highest BCUT2D eigenvalue weighted by Gasteiger charge is 2.15. The largest absolute Gasteiger partial charge is 0.508 e. The minimum absolute atomic E-state index is 0.0325. The van der Waals surface area contributed by atoms with Gasteiger partial charge in [-0.15, -0.1) is 6.58 Å². The lowest BCUT2D eigenvalue weighted by Crippen LogP contribution is -2.30. The second-order valence-electron chi connectivity index (χ2n) is 7.07. The summed E-state index contributed by atoms with van der Waals surface area (Å²) in [6.07, 6.45) is 8.86. The lowest BCUT2D eigenvalue weighted by Gasteiger charge is -2.15. The zero-order valence-electron chi connectivity index (χ0n) is 18.8. The Balaban J connectivity index is 2.93. The van der Waals surface area contributed by atoms with Crippen molar-refractivity contribution in [1.82, 2.24) is 4.90 Å². The number of carbonyl (C=O) groups excluding carboxylic acids is 2. The SMILES string of the molecule is C=CCCOC(=O)c1ccc(O)cc1CC(/C=C/CC)=N/OCC(=O)N(C)CCCC. The van der Waals surface area contributed by atoms with Gasteiger partial charge in [-0.25, -0.2) is 4.79 Å². The predicted octanol–water partition coefficient (Wildman–Crippen LogP) is 4.26. The molecule has 1 N–H and O–H groups in total. The first-order chi connectivity index (χ1) is 14.9. The number of esters is 1. The van der Waals surface area contributed by atoms with Crippen LogP contribution in [0.2, 0.25) is 0 Å². The summed E-state index contributed by atoms with van der Waals surface area (Å²) in [5.74, 6) is -0.603. The Labute approximate surface area is 185 Å². The quantitative estimate of drug-likeness (QED) is 0.157. The van der Waals surface area contributed by atoms with Gasteiger partial charge < -0.3 is 19.6 Å². The molecule has 170 valence electrons. The summed E-state index contributed by atoms with van der Waals surface area (Å²) in [6.45, 7) is 8.39. The van der Waals surface area contributed by atoms with E-state index in [4.69, 9.17) is 9.57 Å². The number of phenols is 1. The van der Waals surface area contributed by atoms with Gasteiger partial charge >= 0.3 is 5.97 Å². The number of ether oxygens (including phenoxy) is 1. The third-order valence-corrected chi connectivity index (χ3v) is 4.42. The summed E-state index contributed by atoms with van der Waals surface area (Å²) in [7, 11) is 1.74. The number of amides is 1. The summed E-state index contributed by atoms with van der Waals surface area (Å²) >= 11 is 0. The van der Waals surface area contributed by atoms with Crippen LogP contribution < -0.4 is 0 Å². The number of carbonyl (C=O) groups is 2. The molecule has 0 unspecified atom stereocenters. The molecule has 0 spiro atoms. The van der Waals surface area contributed by atoms with E-state index in [0.29, 0.717) is 29.8 Å². The molecule has 1 amide bonds. The highest BCUT2D eigenvalue weighted by Crippen LogP contribution is 2.19. The summed E-state index contributed by atoms with van der Waals surface area (Å²) in [4.78, 5) is 31.5. The van der Waals surface area contributed by atoms with E-state index in [1.807, 2.05) is 13.0 Å². The minimum Gasteiger partial charge on any atom is -0.508 e. The number of hydrogen-bond acceptors (Lipinski definition) is 6. The Bertz CT molecular complexity index is 786. The van der Waals surface area contributed by atoms with E-state index in [-0.39, 0.29) is 31.3 Å². The number of rotatable bonds is 14. The van der Waals surface area contributed by atoms with E-state index >= 15 is 0 Å². The Hall–Kier alpha value is -3.09. The second-order valence-corrected chi connectivity index (χ2v) is 7.07. The maximum Gasteiger partial charge on any atom is 0.338 e. The average molecular weight is 431 g/mol. The molecule has 1 aromatic rings. The number of unbranched alkanes of at least 4 members (excludes halogenated alkanes) is 1. The monoisotopic (exact) mass is 430 g/mol. The first-order valence-electron chi connectivity index (χ1n) is 10.6. The minimum atomic E-state index is -0.482. The average Bonchev–Trinajstić information content (AvgIpc) is 2.75. The van der Waals surface area contributed by atoms with Crippen LogP contribution in [-0.4, -0.2) is 54.4 Å². The first kappa shape index (κ1) is 25.9. The van der Waals surface area contributed by atoms with Gasteiger partial charge in [-0.1, -0.05) is 37.6 Å². The molecule has 7 nitrogen and oxygen atoms in total. The van der Waals surface area contributed by atoms with Crippen molar-refractivity contribution < 1.29 is 24.3 Å². The molecule has 1 rings (SSSR count). The molecule has 1 aromatic carbocycles. The highest BCUT2D eigenvalue weighted by molar-refractivity contribution is 5.99. The molecular formula is C24H34N2O5. The molecule has 0 aliphatic rings. The van der Waals surface area contributed by atoms with Crippen molar-refractivity contribution in [3.63, 3.8) is 0 Å². The summed E-state index contributed by atoms with van der Waals surface area (Å²) < 4.78 is 5.25. The van der Waals surface area contributed by atoms with Crippen molar-refractivity contribution in [3.05, 3.63) is 54.1 Å². The van der Waals surface area contributed by atoms with Crippen LogP contribution in [0, 0.1) is 0 Å². The second kappa shape index (κ2) is 14.8. The molecule has 0 bridgehead atoms. The zero-order chi connectivity index (χ0) is 23.1. The maximum absolute atomic E-state index is 12.4. The first-order valence-corrected chi connectivity index (χ1v) is 10.6. The van der Waals surface area contributed by atoms with E-state index in [1.54, 1.807) is 24.1 Å². The number of nitrogens with zero attached hydrogens (tertiary/aromatic N) is 2. The number of oxime groups is 1. The van der Waals surface area contributed by atoms with Gasteiger partial charge in [0.2, 0.25) is 0 Å². The van der Waals surface area contributed by atoms with Crippen molar-refractivity contribution in [1.29, 1.82) is 0 Å². The van der Waals surface area contributed by atoms with Gasteiger partial charge in [-0.2, -0.15) is 0 Å².